The number of hydrogen-bond acceptors (Lipinski definition) is 6. The summed E-state index contributed by atoms with van der Waals surface area (Å²) in [6, 6.07) is 19.4. The highest BCUT2D eigenvalue weighted by molar-refractivity contribution is 9.10. The molecule has 0 bridgehead atoms. The summed E-state index contributed by atoms with van der Waals surface area (Å²) in [6.07, 6.45) is 3.16. The summed E-state index contributed by atoms with van der Waals surface area (Å²) >= 11 is 9.38. The Labute approximate surface area is 243 Å². The van der Waals surface area contributed by atoms with Gasteiger partial charge >= 0.3 is 0 Å². The average Bonchev–Trinajstić information content (AvgIpc) is 3.17. The van der Waals surface area contributed by atoms with Gasteiger partial charge in [-0.3, -0.25) is 9.69 Å². The number of carbonyl (C=O) groups excluding carboxylic acids is 1. The predicted octanol–water partition coefficient (Wildman–Crippen LogP) is 5.74. The molecule has 1 aliphatic heterocycles. The topological polar surface area (TPSA) is 60.5 Å². The minimum atomic E-state index is -0.118. The lowest BCUT2D eigenvalue weighted by atomic mass is 10.1. The molecule has 1 saturated heterocycles. The molecule has 4 rings (SSSR count). The molecule has 0 saturated carbocycles. The minimum absolute atomic E-state index is 0.118. The summed E-state index contributed by atoms with van der Waals surface area (Å²) in [6.45, 7) is 0.975. The van der Waals surface area contributed by atoms with Crippen molar-refractivity contribution in [3.8, 4) is 23.0 Å². The van der Waals surface area contributed by atoms with Crippen molar-refractivity contribution in [1.82, 2.24) is 9.80 Å². The molecule has 9 heteroatoms. The van der Waals surface area contributed by atoms with Crippen LogP contribution in [0, 0.1) is 0 Å². The van der Waals surface area contributed by atoms with E-state index in [4.69, 9.17) is 31.2 Å². The van der Waals surface area contributed by atoms with Gasteiger partial charge in [0.05, 0.1) is 28.4 Å². The van der Waals surface area contributed by atoms with Gasteiger partial charge in [0.1, 0.15) is 5.70 Å². The van der Waals surface area contributed by atoms with E-state index in [0.29, 0.717) is 59.7 Å². The highest BCUT2D eigenvalue weighted by Gasteiger charge is 2.37. The number of thiocarbonyl (C=S) groups is 1. The van der Waals surface area contributed by atoms with E-state index in [9.17, 15) is 4.79 Å². The lowest BCUT2D eigenvalue weighted by Crippen LogP contribution is -2.35. The van der Waals surface area contributed by atoms with Crippen LogP contribution in [-0.4, -0.2) is 62.3 Å². The third kappa shape index (κ3) is 6.54. The van der Waals surface area contributed by atoms with Gasteiger partial charge in [-0.25, -0.2) is 0 Å². The molecule has 3 aromatic carbocycles. The standard InChI is InChI=1S/C30H31BrN2O5S/c1-35-25-10-8-20(18-27(25)37-3)12-14-32-24(17-22-6-5-7-23(31)16-22)29(34)33(30(32)39)15-13-21-9-11-26(36-2)28(19-21)38-4/h5-11,16-19H,12-15H2,1-4H3/b24-17+. The summed E-state index contributed by atoms with van der Waals surface area (Å²) < 4.78 is 22.5. The first kappa shape index (κ1) is 28.4. The molecule has 0 atom stereocenters. The second kappa shape index (κ2) is 13.0. The lowest BCUT2D eigenvalue weighted by molar-refractivity contribution is -0.122. The summed E-state index contributed by atoms with van der Waals surface area (Å²) in [5.41, 5.74) is 3.53. The molecule has 1 heterocycles. The Morgan fingerprint density at radius 1 is 0.744 bits per heavy atom. The van der Waals surface area contributed by atoms with E-state index in [1.807, 2.05) is 71.6 Å². The maximum absolute atomic E-state index is 13.7. The van der Waals surface area contributed by atoms with Crippen molar-refractivity contribution < 1.29 is 23.7 Å². The zero-order chi connectivity index (χ0) is 27.9. The summed E-state index contributed by atoms with van der Waals surface area (Å²) in [7, 11) is 6.44. The SMILES string of the molecule is COc1ccc(CCN2C(=O)/C(=C\c3cccc(Br)c3)N(CCc3ccc(OC)c(OC)c3)C2=S)cc1OC. The highest BCUT2D eigenvalue weighted by atomic mass is 79.9. The lowest BCUT2D eigenvalue weighted by Gasteiger charge is -2.21. The molecular weight excluding hydrogens is 580 g/mol. The Morgan fingerprint density at radius 3 is 1.79 bits per heavy atom. The third-order valence-corrected chi connectivity index (χ3v) is 7.45. The van der Waals surface area contributed by atoms with Crippen LogP contribution in [0.1, 0.15) is 16.7 Å². The zero-order valence-electron chi connectivity index (χ0n) is 22.4. The first-order valence-corrected chi connectivity index (χ1v) is 13.6. The van der Waals surface area contributed by atoms with Crippen molar-refractivity contribution in [2.75, 3.05) is 41.5 Å². The van der Waals surface area contributed by atoms with Crippen molar-refractivity contribution >= 4 is 45.2 Å². The van der Waals surface area contributed by atoms with E-state index in [1.165, 1.54) is 0 Å². The fraction of sp³-hybridized carbons (Fsp3) is 0.267. The summed E-state index contributed by atoms with van der Waals surface area (Å²) in [5, 5.41) is 0.488. The fourth-order valence-corrected chi connectivity index (χ4v) is 5.23. The van der Waals surface area contributed by atoms with Crippen LogP contribution in [0.4, 0.5) is 0 Å². The third-order valence-electron chi connectivity index (χ3n) is 6.51. The van der Waals surface area contributed by atoms with Crippen molar-refractivity contribution in [2.45, 2.75) is 12.8 Å². The second-order valence-corrected chi connectivity index (χ2v) is 10.1. The van der Waals surface area contributed by atoms with E-state index in [-0.39, 0.29) is 5.91 Å². The van der Waals surface area contributed by atoms with Crippen LogP contribution < -0.4 is 18.9 Å². The number of methoxy groups -OCH3 is 4. The van der Waals surface area contributed by atoms with Crippen LogP contribution in [0.2, 0.25) is 0 Å². The van der Waals surface area contributed by atoms with E-state index >= 15 is 0 Å². The van der Waals surface area contributed by atoms with E-state index < -0.39 is 0 Å². The summed E-state index contributed by atoms with van der Waals surface area (Å²) in [5.74, 6) is 2.53. The molecule has 0 spiro atoms. The molecule has 1 amide bonds. The van der Waals surface area contributed by atoms with Crippen molar-refractivity contribution in [3.05, 3.63) is 87.5 Å². The molecule has 0 aliphatic carbocycles. The van der Waals surface area contributed by atoms with Crippen LogP contribution in [0.3, 0.4) is 0 Å². The first-order chi connectivity index (χ1) is 18.9. The quantitative estimate of drug-likeness (QED) is 0.203. The molecule has 3 aromatic rings. The Hall–Kier alpha value is -3.56. The van der Waals surface area contributed by atoms with E-state index in [1.54, 1.807) is 33.3 Å². The van der Waals surface area contributed by atoms with Crippen LogP contribution in [0.5, 0.6) is 23.0 Å². The molecule has 0 unspecified atom stereocenters. The number of hydrogen-bond donors (Lipinski definition) is 0. The molecule has 1 aliphatic rings. The summed E-state index contributed by atoms with van der Waals surface area (Å²) in [4.78, 5) is 17.3. The number of rotatable bonds is 11. The van der Waals surface area contributed by atoms with Crippen molar-refractivity contribution in [1.29, 1.82) is 0 Å². The number of halogens is 1. The normalized spacial score (nSPS) is 14.2. The van der Waals surface area contributed by atoms with Crippen molar-refractivity contribution in [2.24, 2.45) is 0 Å². The maximum Gasteiger partial charge on any atom is 0.276 e. The Bertz CT molecular complexity index is 1390. The number of ether oxygens (including phenoxy) is 4. The molecule has 7 nitrogen and oxygen atoms in total. The highest BCUT2D eigenvalue weighted by Crippen LogP contribution is 2.31. The van der Waals surface area contributed by atoms with E-state index in [0.717, 1.165) is 21.2 Å². The van der Waals surface area contributed by atoms with Gasteiger partial charge in [0, 0.05) is 17.6 Å². The fourth-order valence-electron chi connectivity index (χ4n) is 4.45. The molecular formula is C30H31BrN2O5S. The number of benzene rings is 3. The zero-order valence-corrected chi connectivity index (χ0v) is 24.8. The Balaban J connectivity index is 1.58. The van der Waals surface area contributed by atoms with Crippen LogP contribution in [-0.2, 0) is 17.6 Å². The van der Waals surface area contributed by atoms with Crippen LogP contribution in [0.15, 0.2) is 70.8 Å². The van der Waals surface area contributed by atoms with Gasteiger partial charge in [0.2, 0.25) is 0 Å². The minimum Gasteiger partial charge on any atom is -0.493 e. The first-order valence-electron chi connectivity index (χ1n) is 12.4. The number of nitrogens with zero attached hydrogens (tertiary/aromatic N) is 2. The predicted molar refractivity (Wildman–Crippen MR) is 160 cm³/mol. The second-order valence-electron chi connectivity index (χ2n) is 8.85. The van der Waals surface area contributed by atoms with Crippen LogP contribution >= 0.6 is 28.1 Å². The largest absolute Gasteiger partial charge is 0.493 e. The number of carbonyl (C=O) groups is 1. The molecule has 204 valence electrons. The average molecular weight is 612 g/mol. The van der Waals surface area contributed by atoms with Crippen molar-refractivity contribution in [3.63, 3.8) is 0 Å². The molecule has 39 heavy (non-hydrogen) atoms. The molecule has 1 fully saturated rings. The van der Waals surface area contributed by atoms with Gasteiger partial charge in [0.25, 0.3) is 5.91 Å². The Kier molecular flexibility index (Phi) is 9.48. The van der Waals surface area contributed by atoms with Gasteiger partial charge in [-0.05, 0) is 84.2 Å². The monoisotopic (exact) mass is 610 g/mol. The van der Waals surface area contributed by atoms with Gasteiger partial charge in [0.15, 0.2) is 28.1 Å². The number of amides is 1. The molecule has 0 aromatic heterocycles. The molecule has 0 radical (unpaired) electrons. The van der Waals surface area contributed by atoms with Crippen LogP contribution in [0.25, 0.3) is 6.08 Å². The van der Waals surface area contributed by atoms with Gasteiger partial charge in [-0.15, -0.1) is 0 Å². The molecule has 0 N–H and O–H groups in total. The van der Waals surface area contributed by atoms with Gasteiger partial charge < -0.3 is 23.8 Å². The Morgan fingerprint density at radius 2 is 1.28 bits per heavy atom. The van der Waals surface area contributed by atoms with Gasteiger partial charge in [-0.2, -0.15) is 0 Å². The van der Waals surface area contributed by atoms with Gasteiger partial charge in [-0.1, -0.05) is 40.2 Å². The smallest absolute Gasteiger partial charge is 0.276 e. The maximum atomic E-state index is 13.7. The van der Waals surface area contributed by atoms with E-state index in [2.05, 4.69) is 15.9 Å².